The third kappa shape index (κ3) is 3.42. The molecule has 0 saturated heterocycles. The Morgan fingerprint density at radius 3 is 2.08 bits per heavy atom. The lowest BCUT2D eigenvalue weighted by molar-refractivity contribution is 0.747. The first-order valence-electron chi connectivity index (χ1n) is 13.7. The van der Waals surface area contributed by atoms with Gasteiger partial charge in [0.05, 0.1) is 17.1 Å². The van der Waals surface area contributed by atoms with Crippen molar-refractivity contribution in [1.82, 2.24) is 4.57 Å². The van der Waals surface area contributed by atoms with Gasteiger partial charge in [0.15, 0.2) is 0 Å². The summed E-state index contributed by atoms with van der Waals surface area (Å²) in [6, 6.07) is 44.4. The summed E-state index contributed by atoms with van der Waals surface area (Å²) in [5.74, 6) is 0.310. The quantitative estimate of drug-likeness (QED) is 0.235. The Morgan fingerprint density at radius 1 is 0.615 bits per heavy atom. The van der Waals surface area contributed by atoms with Crippen molar-refractivity contribution in [3.8, 4) is 5.69 Å². The fourth-order valence-electron chi connectivity index (χ4n) is 6.60. The third-order valence-electron chi connectivity index (χ3n) is 8.36. The third-order valence-corrected chi connectivity index (χ3v) is 8.36. The monoisotopic (exact) mass is 500 g/mol. The molecule has 186 valence electrons. The molecule has 0 N–H and O–H groups in total. The van der Waals surface area contributed by atoms with Crippen LogP contribution in [0, 0.1) is 6.92 Å². The van der Waals surface area contributed by atoms with Crippen molar-refractivity contribution in [2.45, 2.75) is 18.9 Å². The predicted molar refractivity (Wildman–Crippen MR) is 164 cm³/mol. The second kappa shape index (κ2) is 8.61. The Hall–Kier alpha value is -4.82. The molecule has 2 nitrogen and oxygen atoms in total. The highest BCUT2D eigenvalue weighted by Gasteiger charge is 2.38. The van der Waals surface area contributed by atoms with E-state index in [0.29, 0.717) is 5.92 Å². The summed E-state index contributed by atoms with van der Waals surface area (Å²) in [6.07, 6.45) is 7.20. The number of anilines is 2. The van der Waals surface area contributed by atoms with Crippen molar-refractivity contribution in [2.75, 3.05) is 4.90 Å². The van der Waals surface area contributed by atoms with Crippen molar-refractivity contribution in [3.05, 3.63) is 156 Å². The van der Waals surface area contributed by atoms with Crippen LogP contribution < -0.4 is 4.90 Å². The van der Waals surface area contributed by atoms with Crippen molar-refractivity contribution < 1.29 is 0 Å². The maximum atomic E-state index is 2.49. The van der Waals surface area contributed by atoms with Crippen molar-refractivity contribution >= 4 is 38.8 Å². The normalized spacial score (nSPS) is 17.9. The number of rotatable bonds is 3. The van der Waals surface area contributed by atoms with Gasteiger partial charge in [0.2, 0.25) is 0 Å². The van der Waals surface area contributed by atoms with Crippen LogP contribution in [0.1, 0.15) is 22.6 Å². The lowest BCUT2D eigenvalue weighted by atomic mass is 9.86. The summed E-state index contributed by atoms with van der Waals surface area (Å²) >= 11 is 0. The molecule has 0 fully saturated rings. The molecular formula is C37H28N2. The second-order valence-electron chi connectivity index (χ2n) is 10.7. The zero-order valence-corrected chi connectivity index (χ0v) is 21.8. The van der Waals surface area contributed by atoms with E-state index in [0.717, 1.165) is 0 Å². The number of hydrogen-bond donors (Lipinski definition) is 0. The molecule has 5 aromatic carbocycles. The van der Waals surface area contributed by atoms with Gasteiger partial charge in [0, 0.05) is 33.8 Å². The van der Waals surface area contributed by atoms with Crippen LogP contribution in [0.15, 0.2) is 140 Å². The first-order valence-corrected chi connectivity index (χ1v) is 13.7. The summed E-state index contributed by atoms with van der Waals surface area (Å²) in [4.78, 5) is 2.49. The van der Waals surface area contributed by atoms with Gasteiger partial charge in [-0.2, -0.15) is 0 Å². The van der Waals surface area contributed by atoms with Gasteiger partial charge in [-0.05, 0) is 78.2 Å². The smallest absolute Gasteiger partial charge is 0.0630 e. The van der Waals surface area contributed by atoms with Gasteiger partial charge in [-0.1, -0.05) is 90.5 Å². The molecule has 2 aliphatic rings. The number of aryl methyl sites for hydroxylation is 1. The van der Waals surface area contributed by atoms with Gasteiger partial charge in [0.25, 0.3) is 0 Å². The maximum absolute atomic E-state index is 2.49. The topological polar surface area (TPSA) is 8.17 Å². The van der Waals surface area contributed by atoms with E-state index >= 15 is 0 Å². The van der Waals surface area contributed by atoms with Crippen LogP contribution in [0.2, 0.25) is 0 Å². The molecule has 1 aromatic heterocycles. The average molecular weight is 501 g/mol. The number of hydrogen-bond acceptors (Lipinski definition) is 1. The summed E-state index contributed by atoms with van der Waals surface area (Å²) < 4.78 is 2.39. The maximum Gasteiger partial charge on any atom is 0.0630 e. The number of aromatic nitrogens is 1. The molecule has 0 radical (unpaired) electrons. The first kappa shape index (κ1) is 22.2. The molecular weight excluding hydrogens is 472 g/mol. The van der Waals surface area contributed by atoms with E-state index in [4.69, 9.17) is 0 Å². The lowest BCUT2D eigenvalue weighted by Crippen LogP contribution is -2.28. The Balaban J connectivity index is 1.27. The highest BCUT2D eigenvalue weighted by Crippen LogP contribution is 2.49. The molecule has 0 spiro atoms. The van der Waals surface area contributed by atoms with E-state index < -0.39 is 0 Å². The summed E-state index contributed by atoms with van der Waals surface area (Å²) in [5.41, 5.74) is 11.5. The first-order chi connectivity index (χ1) is 19.3. The minimum absolute atomic E-state index is 0.278. The van der Waals surface area contributed by atoms with Gasteiger partial charge in [-0.3, -0.25) is 0 Å². The Bertz CT molecular complexity index is 1930. The fraction of sp³-hybridized carbons (Fsp3) is 0.0811. The standard InChI is InChI=1S/C37H28N2/c1-25-16-19-35-31(22-25)33-24-27(18-21-37(33)39(35)29-12-6-3-7-13-29)26-17-20-36-32(23-26)30-14-8-9-15-34(30)38(36)28-10-4-2-5-11-28/h2-24,32,36H,1H3. The molecule has 6 aromatic rings. The van der Waals surface area contributed by atoms with Crippen LogP contribution in [0.25, 0.3) is 33.1 Å². The molecule has 39 heavy (non-hydrogen) atoms. The van der Waals surface area contributed by atoms with Crippen LogP contribution in [0.4, 0.5) is 11.4 Å². The summed E-state index contributed by atoms with van der Waals surface area (Å²) in [5, 5.41) is 2.60. The fourth-order valence-corrected chi connectivity index (χ4v) is 6.60. The molecule has 0 amide bonds. The van der Waals surface area contributed by atoms with Gasteiger partial charge in [-0.25, -0.2) is 0 Å². The molecule has 0 bridgehead atoms. The van der Waals surface area contributed by atoms with Crippen LogP contribution in [0.5, 0.6) is 0 Å². The molecule has 0 saturated carbocycles. The molecule has 2 atom stereocenters. The highest BCUT2D eigenvalue weighted by atomic mass is 15.2. The zero-order valence-electron chi connectivity index (χ0n) is 21.8. The van der Waals surface area contributed by atoms with Crippen LogP contribution in [0.3, 0.4) is 0 Å². The van der Waals surface area contributed by atoms with E-state index in [2.05, 4.69) is 156 Å². The minimum Gasteiger partial charge on any atom is -0.333 e. The summed E-state index contributed by atoms with van der Waals surface area (Å²) in [7, 11) is 0. The van der Waals surface area contributed by atoms with Gasteiger partial charge >= 0.3 is 0 Å². The van der Waals surface area contributed by atoms with E-state index in [1.54, 1.807) is 0 Å². The molecule has 1 aliphatic carbocycles. The second-order valence-corrected chi connectivity index (χ2v) is 10.7. The van der Waals surface area contributed by atoms with Gasteiger partial charge in [0.1, 0.15) is 0 Å². The Labute approximate surface area is 228 Å². The van der Waals surface area contributed by atoms with Crippen molar-refractivity contribution in [3.63, 3.8) is 0 Å². The van der Waals surface area contributed by atoms with E-state index in [-0.39, 0.29) is 6.04 Å². The lowest BCUT2D eigenvalue weighted by Gasteiger charge is -2.29. The molecule has 2 unspecified atom stereocenters. The van der Waals surface area contributed by atoms with Crippen molar-refractivity contribution in [1.29, 1.82) is 0 Å². The predicted octanol–water partition coefficient (Wildman–Crippen LogP) is 9.35. The zero-order chi connectivity index (χ0) is 25.9. The number of para-hydroxylation sites is 3. The SMILES string of the molecule is Cc1ccc2c(c1)c1cc(C3=CC4c5ccccc5N(c5ccccc5)C4C=C3)ccc1n2-c1ccccc1. The molecule has 8 rings (SSSR count). The number of fused-ring (bicyclic) bond motifs is 6. The van der Waals surface area contributed by atoms with Crippen LogP contribution in [-0.4, -0.2) is 10.6 Å². The molecule has 1 aliphatic heterocycles. The Morgan fingerprint density at radius 2 is 1.28 bits per heavy atom. The van der Waals surface area contributed by atoms with Gasteiger partial charge < -0.3 is 9.47 Å². The van der Waals surface area contributed by atoms with Crippen molar-refractivity contribution in [2.24, 2.45) is 0 Å². The summed E-state index contributed by atoms with van der Waals surface area (Å²) in [6.45, 7) is 2.18. The minimum atomic E-state index is 0.278. The van der Waals surface area contributed by atoms with Gasteiger partial charge in [-0.15, -0.1) is 0 Å². The largest absolute Gasteiger partial charge is 0.333 e. The number of nitrogens with zero attached hydrogens (tertiary/aromatic N) is 2. The van der Waals surface area contributed by atoms with Crippen LogP contribution >= 0.6 is 0 Å². The van der Waals surface area contributed by atoms with Crippen LogP contribution in [-0.2, 0) is 0 Å². The van der Waals surface area contributed by atoms with E-state index in [1.807, 2.05) is 0 Å². The van der Waals surface area contributed by atoms with E-state index in [9.17, 15) is 0 Å². The Kier molecular flexibility index (Phi) is 4.90. The molecule has 2 heteroatoms. The number of benzene rings is 5. The highest BCUT2D eigenvalue weighted by molar-refractivity contribution is 6.10. The van der Waals surface area contributed by atoms with E-state index in [1.165, 1.54) is 61.1 Å². The average Bonchev–Trinajstić information content (AvgIpc) is 3.50. The number of allylic oxidation sites excluding steroid dienone is 2. The molecule has 2 heterocycles.